The Kier molecular flexibility index (Phi) is 4.48. The second-order valence-corrected chi connectivity index (χ2v) is 7.44. The first-order valence-electron chi connectivity index (χ1n) is 6.79. The molecule has 2 rings (SSSR count). The molecule has 0 saturated carbocycles. The highest BCUT2D eigenvalue weighted by atomic mass is 32.2. The van der Waals surface area contributed by atoms with Gasteiger partial charge in [-0.25, -0.2) is 8.42 Å². The first-order valence-corrected chi connectivity index (χ1v) is 8.23. The van der Waals surface area contributed by atoms with Crippen molar-refractivity contribution in [1.82, 2.24) is 4.31 Å². The quantitative estimate of drug-likeness (QED) is 0.782. The zero-order valence-electron chi connectivity index (χ0n) is 11.9. The second-order valence-electron chi connectivity index (χ2n) is 5.51. The summed E-state index contributed by atoms with van der Waals surface area (Å²) in [5.74, 6) is -0.104. The van der Waals surface area contributed by atoms with Crippen LogP contribution in [0.3, 0.4) is 0 Å². The molecule has 0 bridgehead atoms. The number of nitrogens with two attached hydrogens (primary N) is 1. The number of rotatable bonds is 4. The van der Waals surface area contributed by atoms with Gasteiger partial charge in [0.2, 0.25) is 10.0 Å². The van der Waals surface area contributed by atoms with Gasteiger partial charge in [-0.3, -0.25) is 4.79 Å². The molecule has 1 aliphatic rings. The Hall–Kier alpha value is -1.28. The summed E-state index contributed by atoms with van der Waals surface area (Å²) in [6.07, 6.45) is 0.850. The fourth-order valence-corrected chi connectivity index (χ4v) is 3.78. The van der Waals surface area contributed by atoms with Gasteiger partial charge in [0, 0.05) is 24.2 Å². The minimum absolute atomic E-state index is 0.104. The normalized spacial score (nSPS) is 19.4. The third kappa shape index (κ3) is 3.32. The van der Waals surface area contributed by atoms with E-state index in [1.807, 2.05) is 0 Å². The largest absolute Gasteiger partial charge is 0.394 e. The summed E-state index contributed by atoms with van der Waals surface area (Å²) in [6.45, 7) is 1.86. The first-order chi connectivity index (χ1) is 9.78. The number of sulfonamides is 1. The lowest BCUT2D eigenvalue weighted by Gasteiger charge is -2.37. The van der Waals surface area contributed by atoms with Crippen molar-refractivity contribution in [2.24, 2.45) is 5.73 Å². The third-order valence-electron chi connectivity index (χ3n) is 3.93. The highest BCUT2D eigenvalue weighted by molar-refractivity contribution is 7.89. The van der Waals surface area contributed by atoms with Gasteiger partial charge < -0.3 is 10.8 Å². The summed E-state index contributed by atoms with van der Waals surface area (Å²) in [5.41, 5.74) is 5.74. The first kappa shape index (κ1) is 16.1. The second kappa shape index (κ2) is 5.84. The van der Waals surface area contributed by atoms with E-state index >= 15 is 0 Å². The van der Waals surface area contributed by atoms with E-state index in [-0.39, 0.29) is 30.4 Å². The number of nitrogens with zero attached hydrogens (tertiary/aromatic N) is 1. The highest BCUT2D eigenvalue weighted by Gasteiger charge is 2.35. The van der Waals surface area contributed by atoms with Crippen LogP contribution in [-0.2, 0) is 10.0 Å². The molecule has 0 aromatic heterocycles. The Bertz CT molecular complexity index is 617. The van der Waals surface area contributed by atoms with E-state index in [1.54, 1.807) is 0 Å². The van der Waals surface area contributed by atoms with E-state index in [9.17, 15) is 18.3 Å². The molecular weight excluding hydrogens is 292 g/mol. The lowest BCUT2D eigenvalue weighted by atomic mass is 9.91. The van der Waals surface area contributed by atoms with Crippen LogP contribution in [0, 0.1) is 0 Å². The number of piperidine rings is 1. The molecule has 1 aromatic carbocycles. The van der Waals surface area contributed by atoms with Gasteiger partial charge in [-0.1, -0.05) is 12.1 Å². The van der Waals surface area contributed by atoms with Crippen molar-refractivity contribution in [1.29, 1.82) is 0 Å². The average Bonchev–Trinajstić information content (AvgIpc) is 2.48. The van der Waals surface area contributed by atoms with Gasteiger partial charge in [0.25, 0.3) is 0 Å². The Morgan fingerprint density at radius 1 is 1.29 bits per heavy atom. The predicted octanol–water partition coefficient (Wildman–Crippen LogP) is 0.364. The molecule has 0 unspecified atom stereocenters. The van der Waals surface area contributed by atoms with Crippen molar-refractivity contribution in [2.45, 2.75) is 30.2 Å². The van der Waals surface area contributed by atoms with E-state index in [4.69, 9.17) is 5.73 Å². The molecule has 1 aliphatic heterocycles. The standard InChI is InChI=1S/C14H20N2O4S/c1-11(18)12-2-4-13(5-3-12)21(19,20)16-8-6-14(15,10-17)7-9-16/h2-5,17H,6-10,15H2,1H3. The van der Waals surface area contributed by atoms with Crippen LogP contribution in [0.5, 0.6) is 0 Å². The van der Waals surface area contributed by atoms with E-state index in [0.717, 1.165) is 0 Å². The molecule has 1 saturated heterocycles. The fourth-order valence-electron chi connectivity index (χ4n) is 2.34. The Morgan fingerprint density at radius 3 is 2.24 bits per heavy atom. The number of Topliss-reactive ketones (excluding diaryl/α,β-unsaturated/α-hetero) is 1. The Morgan fingerprint density at radius 2 is 1.81 bits per heavy atom. The molecule has 0 atom stereocenters. The summed E-state index contributed by atoms with van der Waals surface area (Å²) in [6, 6.07) is 5.92. The van der Waals surface area contributed by atoms with E-state index < -0.39 is 15.6 Å². The lowest BCUT2D eigenvalue weighted by molar-refractivity contribution is 0.101. The Labute approximate surface area is 124 Å². The van der Waals surface area contributed by atoms with Crippen LogP contribution >= 0.6 is 0 Å². The minimum Gasteiger partial charge on any atom is -0.394 e. The SMILES string of the molecule is CC(=O)c1ccc(S(=O)(=O)N2CCC(N)(CO)CC2)cc1. The van der Waals surface area contributed by atoms with Crippen molar-refractivity contribution in [2.75, 3.05) is 19.7 Å². The molecule has 0 amide bonds. The molecule has 3 N–H and O–H groups in total. The van der Waals surface area contributed by atoms with E-state index in [0.29, 0.717) is 18.4 Å². The number of aliphatic hydroxyl groups is 1. The molecule has 116 valence electrons. The number of carbonyl (C=O) groups excluding carboxylic acids is 1. The molecular formula is C14H20N2O4S. The zero-order valence-corrected chi connectivity index (χ0v) is 12.8. The summed E-state index contributed by atoms with van der Waals surface area (Å²) < 4.78 is 26.4. The summed E-state index contributed by atoms with van der Waals surface area (Å²) in [7, 11) is -3.58. The van der Waals surface area contributed by atoms with Gasteiger partial charge in [0.15, 0.2) is 5.78 Å². The monoisotopic (exact) mass is 312 g/mol. The van der Waals surface area contributed by atoms with Gasteiger partial charge in [-0.05, 0) is 31.9 Å². The van der Waals surface area contributed by atoms with Crippen LogP contribution in [-0.4, -0.2) is 48.8 Å². The summed E-state index contributed by atoms with van der Waals surface area (Å²) >= 11 is 0. The van der Waals surface area contributed by atoms with Crippen molar-refractivity contribution in [3.05, 3.63) is 29.8 Å². The highest BCUT2D eigenvalue weighted by Crippen LogP contribution is 2.25. The number of carbonyl (C=O) groups is 1. The maximum atomic E-state index is 12.5. The number of benzene rings is 1. The molecule has 7 heteroatoms. The molecule has 1 heterocycles. The van der Waals surface area contributed by atoms with Gasteiger partial charge >= 0.3 is 0 Å². The van der Waals surface area contributed by atoms with Crippen LogP contribution in [0.15, 0.2) is 29.2 Å². The van der Waals surface area contributed by atoms with Crippen molar-refractivity contribution in [3.8, 4) is 0 Å². The van der Waals surface area contributed by atoms with Crippen LogP contribution < -0.4 is 5.73 Å². The molecule has 1 fully saturated rings. The van der Waals surface area contributed by atoms with Crippen molar-refractivity contribution in [3.63, 3.8) is 0 Å². The maximum absolute atomic E-state index is 12.5. The zero-order chi connectivity index (χ0) is 15.7. The summed E-state index contributed by atoms with van der Waals surface area (Å²) in [5, 5.41) is 9.21. The smallest absolute Gasteiger partial charge is 0.243 e. The van der Waals surface area contributed by atoms with Crippen molar-refractivity contribution < 1.29 is 18.3 Å². The number of hydrogen-bond acceptors (Lipinski definition) is 5. The van der Waals surface area contributed by atoms with Gasteiger partial charge in [0.05, 0.1) is 11.5 Å². The Balaban J connectivity index is 2.17. The van der Waals surface area contributed by atoms with Crippen LogP contribution in [0.4, 0.5) is 0 Å². The number of aliphatic hydroxyl groups excluding tert-OH is 1. The van der Waals surface area contributed by atoms with Gasteiger partial charge in [-0.15, -0.1) is 0 Å². The molecule has 0 spiro atoms. The minimum atomic E-state index is -3.58. The maximum Gasteiger partial charge on any atom is 0.243 e. The molecule has 0 radical (unpaired) electrons. The van der Waals surface area contributed by atoms with Gasteiger partial charge in [0.1, 0.15) is 0 Å². The topological polar surface area (TPSA) is 101 Å². The fraction of sp³-hybridized carbons (Fsp3) is 0.500. The van der Waals surface area contributed by atoms with Crippen LogP contribution in [0.25, 0.3) is 0 Å². The van der Waals surface area contributed by atoms with E-state index in [1.165, 1.54) is 35.5 Å². The average molecular weight is 312 g/mol. The van der Waals surface area contributed by atoms with Crippen molar-refractivity contribution >= 4 is 15.8 Å². The number of hydrogen-bond donors (Lipinski definition) is 2. The molecule has 0 aliphatic carbocycles. The van der Waals surface area contributed by atoms with Crippen LogP contribution in [0.1, 0.15) is 30.1 Å². The third-order valence-corrected chi connectivity index (χ3v) is 5.84. The lowest BCUT2D eigenvalue weighted by Crippen LogP contribution is -2.53. The molecule has 21 heavy (non-hydrogen) atoms. The van der Waals surface area contributed by atoms with Crippen LogP contribution in [0.2, 0.25) is 0 Å². The summed E-state index contributed by atoms with van der Waals surface area (Å²) in [4.78, 5) is 11.4. The molecule has 6 nitrogen and oxygen atoms in total. The number of ketones is 1. The van der Waals surface area contributed by atoms with Gasteiger partial charge in [-0.2, -0.15) is 4.31 Å². The van der Waals surface area contributed by atoms with E-state index in [2.05, 4.69) is 0 Å². The molecule has 1 aromatic rings. The predicted molar refractivity (Wildman–Crippen MR) is 78.4 cm³/mol.